The summed E-state index contributed by atoms with van der Waals surface area (Å²) >= 11 is 0. The van der Waals surface area contributed by atoms with Gasteiger partial charge in [-0.2, -0.15) is 0 Å². The minimum Gasteiger partial charge on any atom is -0.482 e. The average molecular weight is 126 g/mol. The zero-order valence-corrected chi connectivity index (χ0v) is 4.41. The largest absolute Gasteiger partial charge is 0.482 e. The Balaban J connectivity index is 0.000000250. The molecule has 0 aromatic heterocycles. The van der Waals surface area contributed by atoms with Crippen LogP contribution in [0.5, 0.6) is 0 Å². The molecule has 1 rings (SSSR count). The molecule has 0 fully saturated rings. The minimum absolute atomic E-state index is 0. The normalized spacial score (nSPS) is 16.0. The monoisotopic (exact) mass is 126 g/mol. The first-order valence-corrected chi connectivity index (χ1v) is 1.60. The molecule has 0 aromatic rings. The molecular weight excluding hydrogens is 121 g/mol. The van der Waals surface area contributed by atoms with Crippen molar-refractivity contribution < 1.29 is 21.8 Å². The maximum atomic E-state index is 4.65. The molecule has 1 aliphatic heterocycles. The summed E-state index contributed by atoms with van der Waals surface area (Å²) < 4.78 is 4.65. The number of hydrogen-bond donors (Lipinski definition) is 0. The molecule has 6 heavy (non-hydrogen) atoms. The van der Waals surface area contributed by atoms with E-state index in [-0.39, 0.29) is 17.1 Å². The van der Waals surface area contributed by atoms with E-state index in [4.69, 9.17) is 0 Å². The quantitative estimate of drug-likeness (QED) is 0.420. The maximum absolute atomic E-state index is 4.65. The molecule has 3 heteroatoms. The van der Waals surface area contributed by atoms with Gasteiger partial charge in [0.2, 0.25) is 0 Å². The molecule has 0 saturated heterocycles. The number of nitrogens with zero attached hydrogens (tertiary/aromatic N) is 1. The Bertz CT molecular complexity index is 48.8. The van der Waals surface area contributed by atoms with Crippen LogP contribution in [0.15, 0.2) is 4.99 Å². The summed E-state index contributed by atoms with van der Waals surface area (Å²) in [6.45, 7) is 1.62. The van der Waals surface area contributed by atoms with Gasteiger partial charge >= 0.3 is 0 Å². The van der Waals surface area contributed by atoms with Gasteiger partial charge in [0, 0.05) is 17.1 Å². The van der Waals surface area contributed by atoms with Crippen LogP contribution >= 0.6 is 0 Å². The molecule has 0 aromatic carbocycles. The summed E-state index contributed by atoms with van der Waals surface area (Å²) in [6, 6.07) is 0. The van der Waals surface area contributed by atoms with Crippen LogP contribution in [0, 0.1) is 0 Å². The summed E-state index contributed by atoms with van der Waals surface area (Å²) in [5.41, 5.74) is 0. The second-order valence-electron chi connectivity index (χ2n) is 0.882. The van der Waals surface area contributed by atoms with E-state index in [2.05, 4.69) is 9.73 Å². The van der Waals surface area contributed by atoms with E-state index < -0.39 is 0 Å². The Morgan fingerprint density at radius 3 is 2.67 bits per heavy atom. The zero-order chi connectivity index (χ0) is 3.54. The Hall–Kier alpha value is -0.0105. The predicted molar refractivity (Wildman–Crippen MR) is 19.3 cm³/mol. The van der Waals surface area contributed by atoms with Gasteiger partial charge in [0.15, 0.2) is 6.40 Å². The molecule has 0 amide bonds. The topological polar surface area (TPSA) is 21.6 Å². The minimum atomic E-state index is 0. The molecule has 0 bridgehead atoms. The molecule has 35 valence electrons. The first kappa shape index (κ1) is 5.99. The number of hydrogen-bond acceptors (Lipinski definition) is 2. The third-order valence-corrected chi connectivity index (χ3v) is 0.487. The summed E-state index contributed by atoms with van der Waals surface area (Å²) in [4.78, 5) is 3.74. The molecule has 0 saturated carbocycles. The molecule has 0 N–H and O–H groups in total. The van der Waals surface area contributed by atoms with Crippen LogP contribution in [0.25, 0.3) is 0 Å². The summed E-state index contributed by atoms with van der Waals surface area (Å²) in [6.07, 6.45) is 1.49. The predicted octanol–water partition coefficient (Wildman–Crippen LogP) is 0.0424. The van der Waals surface area contributed by atoms with Crippen LogP contribution in [0.2, 0.25) is 0 Å². The Kier molecular flexibility index (Phi) is 3.18. The fourth-order valence-corrected chi connectivity index (χ4v) is 0.264. The van der Waals surface area contributed by atoms with Crippen LogP contribution in [0.3, 0.4) is 0 Å². The van der Waals surface area contributed by atoms with E-state index in [1.54, 1.807) is 0 Å². The Morgan fingerprint density at radius 1 is 1.67 bits per heavy atom. The van der Waals surface area contributed by atoms with Crippen molar-refractivity contribution in [2.75, 3.05) is 13.2 Å². The van der Waals surface area contributed by atoms with Crippen LogP contribution < -0.4 is 0 Å². The Morgan fingerprint density at radius 2 is 2.50 bits per heavy atom. The van der Waals surface area contributed by atoms with E-state index in [0.717, 1.165) is 13.2 Å². The molecular formula is C3H5MnNO. The third kappa shape index (κ3) is 1.43. The van der Waals surface area contributed by atoms with Gasteiger partial charge in [0.05, 0.1) is 6.54 Å². The standard InChI is InChI=1S/C3H5NO.Mn/c1-2-5-3-4-1;/h3H,1-2H2;. The number of rotatable bonds is 0. The number of ether oxygens (including phenoxy) is 1. The molecule has 0 unspecified atom stereocenters. The second kappa shape index (κ2) is 3.19. The molecule has 0 spiro atoms. The van der Waals surface area contributed by atoms with Crippen LogP contribution in [-0.2, 0) is 21.8 Å². The second-order valence-corrected chi connectivity index (χ2v) is 0.882. The molecule has 0 aliphatic carbocycles. The van der Waals surface area contributed by atoms with Crippen molar-refractivity contribution in [3.63, 3.8) is 0 Å². The van der Waals surface area contributed by atoms with E-state index in [0.29, 0.717) is 0 Å². The molecule has 0 atom stereocenters. The van der Waals surface area contributed by atoms with Crippen molar-refractivity contribution >= 4 is 6.40 Å². The van der Waals surface area contributed by atoms with Gasteiger partial charge in [0.1, 0.15) is 6.61 Å². The molecule has 1 aliphatic rings. The van der Waals surface area contributed by atoms with Crippen LogP contribution in [-0.4, -0.2) is 19.6 Å². The van der Waals surface area contributed by atoms with Crippen molar-refractivity contribution in [3.8, 4) is 0 Å². The van der Waals surface area contributed by atoms with E-state index in [9.17, 15) is 0 Å². The SMILES string of the molecule is C1=NCCO1.[Mn]. The van der Waals surface area contributed by atoms with Gasteiger partial charge in [0.25, 0.3) is 0 Å². The van der Waals surface area contributed by atoms with Crippen molar-refractivity contribution in [1.82, 2.24) is 0 Å². The van der Waals surface area contributed by atoms with Crippen LogP contribution in [0.1, 0.15) is 0 Å². The smallest absolute Gasteiger partial charge is 0.169 e. The van der Waals surface area contributed by atoms with Crippen LogP contribution in [0.4, 0.5) is 0 Å². The van der Waals surface area contributed by atoms with Crippen molar-refractivity contribution in [1.29, 1.82) is 0 Å². The van der Waals surface area contributed by atoms with Crippen molar-refractivity contribution in [3.05, 3.63) is 0 Å². The fourth-order valence-electron chi connectivity index (χ4n) is 0.264. The van der Waals surface area contributed by atoms with E-state index >= 15 is 0 Å². The zero-order valence-electron chi connectivity index (χ0n) is 3.22. The first-order chi connectivity index (χ1) is 2.50. The number of aliphatic imine (C=N–C) groups is 1. The van der Waals surface area contributed by atoms with Gasteiger partial charge in [-0.25, -0.2) is 0 Å². The maximum Gasteiger partial charge on any atom is 0.169 e. The van der Waals surface area contributed by atoms with Gasteiger partial charge < -0.3 is 4.74 Å². The van der Waals surface area contributed by atoms with E-state index in [1.807, 2.05) is 0 Å². The first-order valence-electron chi connectivity index (χ1n) is 1.60. The molecule has 1 heterocycles. The summed E-state index contributed by atoms with van der Waals surface area (Å²) in [5.74, 6) is 0. The third-order valence-electron chi connectivity index (χ3n) is 0.487. The summed E-state index contributed by atoms with van der Waals surface area (Å²) in [7, 11) is 0. The molecule has 2 nitrogen and oxygen atoms in total. The average Bonchev–Trinajstić information content (AvgIpc) is 1.76. The summed E-state index contributed by atoms with van der Waals surface area (Å²) in [5, 5.41) is 0. The fraction of sp³-hybridized carbons (Fsp3) is 0.667. The van der Waals surface area contributed by atoms with Gasteiger partial charge in [-0.3, -0.25) is 4.99 Å². The molecule has 1 radical (unpaired) electrons. The van der Waals surface area contributed by atoms with Gasteiger partial charge in [-0.15, -0.1) is 0 Å². The van der Waals surface area contributed by atoms with Crippen molar-refractivity contribution in [2.45, 2.75) is 0 Å². The van der Waals surface area contributed by atoms with Crippen molar-refractivity contribution in [2.24, 2.45) is 4.99 Å². The van der Waals surface area contributed by atoms with Gasteiger partial charge in [-0.1, -0.05) is 0 Å². The van der Waals surface area contributed by atoms with E-state index in [1.165, 1.54) is 6.40 Å². The Labute approximate surface area is 47.1 Å². The van der Waals surface area contributed by atoms with Gasteiger partial charge in [-0.05, 0) is 0 Å².